The van der Waals surface area contributed by atoms with Crippen molar-refractivity contribution in [2.24, 2.45) is 0 Å². The van der Waals surface area contributed by atoms with Crippen molar-refractivity contribution in [2.75, 3.05) is 13.1 Å². The van der Waals surface area contributed by atoms with E-state index in [-0.39, 0.29) is 23.5 Å². The van der Waals surface area contributed by atoms with Crippen LogP contribution < -0.4 is 0 Å². The number of nitrogens with zero attached hydrogens (tertiary/aromatic N) is 1. The molecule has 2 rings (SSSR count). The second kappa shape index (κ2) is 6.13. The average molecular weight is 313 g/mol. The van der Waals surface area contributed by atoms with Crippen LogP contribution in [0.25, 0.3) is 0 Å². The van der Waals surface area contributed by atoms with Gasteiger partial charge in [0, 0.05) is 13.1 Å². The number of hydrogen-bond acceptors (Lipinski definition) is 4. The topological polar surface area (TPSA) is 83.9 Å². The molecule has 6 nitrogen and oxygen atoms in total. The smallest absolute Gasteiger partial charge is 0.335 e. The largest absolute Gasteiger partial charge is 0.478 e. The Kier molecular flexibility index (Phi) is 4.65. The van der Waals surface area contributed by atoms with Crippen LogP contribution >= 0.6 is 0 Å². The lowest BCUT2D eigenvalue weighted by molar-refractivity contribution is -0.0441. The lowest BCUT2D eigenvalue weighted by Gasteiger charge is -2.34. The van der Waals surface area contributed by atoms with Crippen LogP contribution in [0.4, 0.5) is 0 Å². The highest BCUT2D eigenvalue weighted by atomic mass is 32.2. The number of hydrogen-bond donors (Lipinski definition) is 1. The Morgan fingerprint density at radius 2 is 1.76 bits per heavy atom. The van der Waals surface area contributed by atoms with E-state index in [1.165, 1.54) is 28.6 Å². The number of aromatic carboxylic acids is 1. The molecule has 0 radical (unpaired) electrons. The van der Waals surface area contributed by atoms with Gasteiger partial charge in [0.25, 0.3) is 0 Å². The molecule has 1 saturated heterocycles. The maximum atomic E-state index is 12.4. The number of morpholine rings is 1. The summed E-state index contributed by atoms with van der Waals surface area (Å²) in [5.41, 5.74) is 0.719. The Balaban J connectivity index is 2.11. The number of carboxylic acid groups (broad SMARTS) is 1. The molecule has 1 aliphatic heterocycles. The molecule has 0 unspecified atom stereocenters. The summed E-state index contributed by atoms with van der Waals surface area (Å²) in [7, 11) is -3.43. The molecule has 1 heterocycles. The maximum Gasteiger partial charge on any atom is 0.335 e. The SMILES string of the molecule is C[C@@H]1CN(S(=O)(=O)Cc2ccc(C(=O)O)cc2)C[C@H](C)O1. The van der Waals surface area contributed by atoms with Crippen LogP contribution in [-0.2, 0) is 20.5 Å². The summed E-state index contributed by atoms with van der Waals surface area (Å²) >= 11 is 0. The second-order valence-corrected chi connectivity index (χ2v) is 7.30. The molecule has 7 heteroatoms. The van der Waals surface area contributed by atoms with E-state index in [0.29, 0.717) is 18.7 Å². The molecule has 116 valence electrons. The van der Waals surface area contributed by atoms with Gasteiger partial charge in [-0.25, -0.2) is 13.2 Å². The predicted octanol–water partition coefficient (Wildman–Crippen LogP) is 1.32. The summed E-state index contributed by atoms with van der Waals surface area (Å²) in [6.45, 7) is 4.39. The van der Waals surface area contributed by atoms with Crippen molar-refractivity contribution in [2.45, 2.75) is 31.8 Å². The van der Waals surface area contributed by atoms with Crippen LogP contribution in [0.1, 0.15) is 29.8 Å². The molecule has 0 saturated carbocycles. The Morgan fingerprint density at radius 3 is 2.24 bits per heavy atom. The minimum atomic E-state index is -3.43. The van der Waals surface area contributed by atoms with E-state index in [1.807, 2.05) is 13.8 Å². The lowest BCUT2D eigenvalue weighted by atomic mass is 10.1. The van der Waals surface area contributed by atoms with E-state index in [1.54, 1.807) is 0 Å². The zero-order valence-electron chi connectivity index (χ0n) is 12.0. The third kappa shape index (κ3) is 4.03. The number of benzene rings is 1. The van der Waals surface area contributed by atoms with Gasteiger partial charge in [0.05, 0.1) is 23.5 Å². The predicted molar refractivity (Wildman–Crippen MR) is 77.6 cm³/mol. The van der Waals surface area contributed by atoms with E-state index in [2.05, 4.69) is 0 Å². The molecule has 0 spiro atoms. The highest BCUT2D eigenvalue weighted by Gasteiger charge is 2.30. The van der Waals surface area contributed by atoms with Crippen molar-refractivity contribution in [3.8, 4) is 0 Å². The molecule has 0 aliphatic carbocycles. The summed E-state index contributed by atoms with van der Waals surface area (Å²) in [4.78, 5) is 10.8. The minimum Gasteiger partial charge on any atom is -0.478 e. The Labute approximate surface area is 124 Å². The van der Waals surface area contributed by atoms with E-state index in [0.717, 1.165) is 0 Å². The molecule has 1 aromatic carbocycles. The van der Waals surface area contributed by atoms with Gasteiger partial charge in [-0.1, -0.05) is 12.1 Å². The number of rotatable bonds is 4. The van der Waals surface area contributed by atoms with Crippen molar-refractivity contribution in [3.63, 3.8) is 0 Å². The highest BCUT2D eigenvalue weighted by molar-refractivity contribution is 7.88. The van der Waals surface area contributed by atoms with Gasteiger partial charge in [0.15, 0.2) is 0 Å². The number of carbonyl (C=O) groups is 1. The second-order valence-electron chi connectivity index (χ2n) is 5.33. The summed E-state index contributed by atoms with van der Waals surface area (Å²) < 4.78 is 31.8. The molecular formula is C14H19NO5S. The van der Waals surface area contributed by atoms with Crippen LogP contribution in [-0.4, -0.2) is 49.1 Å². The fraction of sp³-hybridized carbons (Fsp3) is 0.500. The van der Waals surface area contributed by atoms with Gasteiger partial charge in [0.1, 0.15) is 0 Å². The third-order valence-electron chi connectivity index (χ3n) is 3.33. The van der Waals surface area contributed by atoms with Gasteiger partial charge in [0.2, 0.25) is 10.0 Å². The normalized spacial score (nSPS) is 23.9. The van der Waals surface area contributed by atoms with Crippen LogP contribution in [0.15, 0.2) is 24.3 Å². The molecule has 1 aromatic rings. The van der Waals surface area contributed by atoms with Crippen LogP contribution in [0.5, 0.6) is 0 Å². The minimum absolute atomic E-state index is 0.127. The Bertz CT molecular complexity index is 601. The fourth-order valence-corrected chi connectivity index (χ4v) is 4.07. The molecule has 1 fully saturated rings. The van der Waals surface area contributed by atoms with Gasteiger partial charge >= 0.3 is 5.97 Å². The first kappa shape index (κ1) is 15.9. The van der Waals surface area contributed by atoms with Crippen molar-refractivity contribution < 1.29 is 23.1 Å². The Morgan fingerprint density at radius 1 is 1.24 bits per heavy atom. The van der Waals surface area contributed by atoms with Crippen molar-refractivity contribution >= 4 is 16.0 Å². The van der Waals surface area contributed by atoms with E-state index >= 15 is 0 Å². The molecule has 0 amide bonds. The molecule has 1 N–H and O–H groups in total. The van der Waals surface area contributed by atoms with Crippen LogP contribution in [0.3, 0.4) is 0 Å². The Hall–Kier alpha value is -1.44. The molecule has 2 atom stereocenters. The summed E-state index contributed by atoms with van der Waals surface area (Å²) in [5.74, 6) is -1.16. The zero-order valence-corrected chi connectivity index (χ0v) is 12.8. The summed E-state index contributed by atoms with van der Waals surface area (Å²) in [5, 5.41) is 8.83. The highest BCUT2D eigenvalue weighted by Crippen LogP contribution is 2.18. The standard InChI is InChI=1S/C14H19NO5S/c1-10-7-15(8-11(2)20-10)21(18,19)9-12-3-5-13(6-4-12)14(16)17/h3-6,10-11H,7-9H2,1-2H3,(H,16,17)/t10-,11+. The number of sulfonamides is 1. The van der Waals surface area contributed by atoms with Crippen LogP contribution in [0, 0.1) is 0 Å². The van der Waals surface area contributed by atoms with Crippen molar-refractivity contribution in [3.05, 3.63) is 35.4 Å². The third-order valence-corrected chi connectivity index (χ3v) is 5.11. The molecule has 0 aromatic heterocycles. The van der Waals surface area contributed by atoms with E-state index in [9.17, 15) is 13.2 Å². The number of ether oxygens (including phenoxy) is 1. The first-order chi connectivity index (χ1) is 9.78. The van der Waals surface area contributed by atoms with Gasteiger partial charge in [-0.15, -0.1) is 0 Å². The lowest BCUT2D eigenvalue weighted by Crippen LogP contribution is -2.48. The summed E-state index contributed by atoms with van der Waals surface area (Å²) in [6.07, 6.45) is -0.254. The molecule has 0 bridgehead atoms. The fourth-order valence-electron chi connectivity index (χ4n) is 2.40. The quantitative estimate of drug-likeness (QED) is 0.906. The zero-order chi connectivity index (χ0) is 15.6. The van der Waals surface area contributed by atoms with Crippen molar-refractivity contribution in [1.82, 2.24) is 4.31 Å². The number of carboxylic acids is 1. The van der Waals surface area contributed by atoms with Crippen LogP contribution in [0.2, 0.25) is 0 Å². The molecular weight excluding hydrogens is 294 g/mol. The first-order valence-corrected chi connectivity index (χ1v) is 8.34. The van der Waals surface area contributed by atoms with Crippen molar-refractivity contribution in [1.29, 1.82) is 0 Å². The average Bonchev–Trinajstić information content (AvgIpc) is 2.37. The maximum absolute atomic E-state index is 12.4. The van der Waals surface area contributed by atoms with Gasteiger partial charge < -0.3 is 9.84 Å². The molecule has 1 aliphatic rings. The van der Waals surface area contributed by atoms with Gasteiger partial charge in [-0.3, -0.25) is 0 Å². The van der Waals surface area contributed by atoms with E-state index in [4.69, 9.17) is 9.84 Å². The van der Waals surface area contributed by atoms with E-state index < -0.39 is 16.0 Å². The molecule has 21 heavy (non-hydrogen) atoms. The monoisotopic (exact) mass is 313 g/mol. The van der Waals surface area contributed by atoms with Gasteiger partial charge in [-0.2, -0.15) is 4.31 Å². The first-order valence-electron chi connectivity index (χ1n) is 6.73. The summed E-state index contributed by atoms with van der Waals surface area (Å²) in [6, 6.07) is 5.90. The van der Waals surface area contributed by atoms with Gasteiger partial charge in [-0.05, 0) is 31.5 Å².